The number of anilines is 1. The first-order chi connectivity index (χ1) is 12.9. The van der Waals surface area contributed by atoms with Crippen LogP contribution in [0.15, 0.2) is 64.5 Å². The number of aromatic nitrogens is 2. The van der Waals surface area contributed by atoms with E-state index in [9.17, 15) is 9.59 Å². The summed E-state index contributed by atoms with van der Waals surface area (Å²) in [6.07, 6.45) is 0. The van der Waals surface area contributed by atoms with E-state index >= 15 is 0 Å². The Hall–Kier alpha value is -2.86. The van der Waals surface area contributed by atoms with Crippen molar-refractivity contribution in [1.29, 1.82) is 0 Å². The maximum atomic E-state index is 12.5. The fraction of sp³-hybridized carbons (Fsp3) is 0.190. The van der Waals surface area contributed by atoms with E-state index in [0.29, 0.717) is 10.9 Å². The Morgan fingerprint density at radius 1 is 1.04 bits per heavy atom. The van der Waals surface area contributed by atoms with Crippen LogP contribution in [0.3, 0.4) is 0 Å². The van der Waals surface area contributed by atoms with Crippen molar-refractivity contribution in [3.8, 4) is 5.69 Å². The second-order valence-electron chi connectivity index (χ2n) is 6.40. The minimum absolute atomic E-state index is 0.139. The molecule has 6 heteroatoms. The number of para-hydroxylation sites is 1. The van der Waals surface area contributed by atoms with Crippen LogP contribution in [0.4, 0.5) is 5.69 Å². The predicted octanol–water partition coefficient (Wildman–Crippen LogP) is 3.89. The quantitative estimate of drug-likeness (QED) is 0.540. The van der Waals surface area contributed by atoms with Crippen LogP contribution < -0.4 is 10.9 Å². The highest BCUT2D eigenvalue weighted by atomic mass is 32.2. The third-order valence-electron chi connectivity index (χ3n) is 3.87. The Morgan fingerprint density at radius 3 is 2.37 bits per heavy atom. The number of hydrogen-bond acceptors (Lipinski definition) is 4. The number of aryl methyl sites for hydroxylation is 3. The van der Waals surface area contributed by atoms with Gasteiger partial charge in [0.15, 0.2) is 5.16 Å². The molecule has 1 amide bonds. The molecule has 3 rings (SSSR count). The molecule has 1 heterocycles. The molecule has 0 aliphatic rings. The van der Waals surface area contributed by atoms with Crippen molar-refractivity contribution >= 4 is 23.4 Å². The second kappa shape index (κ2) is 8.22. The van der Waals surface area contributed by atoms with Crippen LogP contribution in [-0.4, -0.2) is 21.2 Å². The summed E-state index contributed by atoms with van der Waals surface area (Å²) in [4.78, 5) is 29.3. The Kier molecular flexibility index (Phi) is 5.76. The number of hydrogen-bond donors (Lipinski definition) is 1. The third kappa shape index (κ3) is 4.86. The molecule has 5 nitrogen and oxygen atoms in total. The molecule has 1 N–H and O–H groups in total. The maximum absolute atomic E-state index is 12.5. The molecule has 3 aromatic rings. The van der Waals surface area contributed by atoms with Crippen LogP contribution in [0, 0.1) is 20.8 Å². The van der Waals surface area contributed by atoms with Crippen LogP contribution in [0.5, 0.6) is 0 Å². The van der Waals surface area contributed by atoms with E-state index in [4.69, 9.17) is 0 Å². The van der Waals surface area contributed by atoms with E-state index in [-0.39, 0.29) is 17.2 Å². The van der Waals surface area contributed by atoms with Gasteiger partial charge in [-0.2, -0.15) is 0 Å². The summed E-state index contributed by atoms with van der Waals surface area (Å²) in [7, 11) is 0. The molecule has 0 saturated carbocycles. The Balaban J connectivity index is 1.79. The highest BCUT2D eigenvalue weighted by Gasteiger charge is 2.12. The monoisotopic (exact) mass is 379 g/mol. The molecule has 0 saturated heterocycles. The molecule has 27 heavy (non-hydrogen) atoms. The van der Waals surface area contributed by atoms with Gasteiger partial charge in [0.2, 0.25) is 5.91 Å². The normalized spacial score (nSPS) is 10.6. The van der Waals surface area contributed by atoms with Gasteiger partial charge in [-0.15, -0.1) is 0 Å². The summed E-state index contributed by atoms with van der Waals surface area (Å²) >= 11 is 1.25. The number of nitrogens with zero attached hydrogens (tertiary/aromatic N) is 2. The molecular formula is C21H21N3O2S. The lowest BCUT2D eigenvalue weighted by Gasteiger charge is -2.12. The van der Waals surface area contributed by atoms with E-state index in [1.54, 1.807) is 6.92 Å². The fourth-order valence-electron chi connectivity index (χ4n) is 2.86. The van der Waals surface area contributed by atoms with Crippen LogP contribution in [0.1, 0.15) is 16.8 Å². The number of thioether (sulfide) groups is 1. The number of rotatable bonds is 5. The molecule has 0 fully saturated rings. The number of benzene rings is 2. The first-order valence-electron chi connectivity index (χ1n) is 8.59. The lowest BCUT2D eigenvalue weighted by Crippen LogP contribution is -2.22. The van der Waals surface area contributed by atoms with Gasteiger partial charge < -0.3 is 5.32 Å². The van der Waals surface area contributed by atoms with E-state index in [2.05, 4.69) is 16.4 Å². The highest BCUT2D eigenvalue weighted by molar-refractivity contribution is 7.99. The molecular weight excluding hydrogens is 358 g/mol. The van der Waals surface area contributed by atoms with Crippen molar-refractivity contribution in [2.75, 3.05) is 11.1 Å². The van der Waals surface area contributed by atoms with Crippen LogP contribution in [0.2, 0.25) is 0 Å². The van der Waals surface area contributed by atoms with Crippen molar-refractivity contribution in [1.82, 2.24) is 9.55 Å². The van der Waals surface area contributed by atoms with Gasteiger partial charge in [-0.1, -0.05) is 36.0 Å². The summed E-state index contributed by atoms with van der Waals surface area (Å²) in [6.45, 7) is 5.76. The minimum atomic E-state index is -0.161. The maximum Gasteiger partial charge on any atom is 0.258 e. The second-order valence-corrected chi connectivity index (χ2v) is 7.35. The molecule has 138 valence electrons. The molecule has 0 radical (unpaired) electrons. The number of carbonyl (C=O) groups is 1. The number of amides is 1. The van der Waals surface area contributed by atoms with Gasteiger partial charge in [0.1, 0.15) is 0 Å². The van der Waals surface area contributed by atoms with Gasteiger partial charge in [0.05, 0.1) is 11.4 Å². The first kappa shape index (κ1) is 18.9. The van der Waals surface area contributed by atoms with Crippen LogP contribution in [0.25, 0.3) is 5.69 Å². The molecule has 0 aliphatic heterocycles. The van der Waals surface area contributed by atoms with Crippen LogP contribution >= 0.6 is 11.8 Å². The zero-order chi connectivity index (χ0) is 19.4. The third-order valence-corrected chi connectivity index (χ3v) is 4.81. The molecule has 1 aromatic heterocycles. The van der Waals surface area contributed by atoms with Crippen molar-refractivity contribution < 1.29 is 4.79 Å². The smallest absolute Gasteiger partial charge is 0.258 e. The van der Waals surface area contributed by atoms with Gasteiger partial charge in [-0.3, -0.25) is 14.2 Å². The summed E-state index contributed by atoms with van der Waals surface area (Å²) in [6, 6.07) is 16.7. The van der Waals surface area contributed by atoms with E-state index in [1.165, 1.54) is 22.4 Å². The minimum Gasteiger partial charge on any atom is -0.325 e. The van der Waals surface area contributed by atoms with Gasteiger partial charge in [0.25, 0.3) is 5.56 Å². The zero-order valence-electron chi connectivity index (χ0n) is 15.5. The molecule has 0 aliphatic carbocycles. The Labute approximate surface area is 162 Å². The molecule has 2 aromatic carbocycles. The average Bonchev–Trinajstić information content (AvgIpc) is 2.59. The Morgan fingerprint density at radius 2 is 1.70 bits per heavy atom. The predicted molar refractivity (Wildman–Crippen MR) is 110 cm³/mol. The van der Waals surface area contributed by atoms with Crippen molar-refractivity contribution in [2.45, 2.75) is 25.9 Å². The molecule has 0 bridgehead atoms. The van der Waals surface area contributed by atoms with Gasteiger partial charge in [0, 0.05) is 17.4 Å². The number of carbonyl (C=O) groups excluding carboxylic acids is 1. The van der Waals surface area contributed by atoms with Gasteiger partial charge in [-0.25, -0.2) is 4.98 Å². The van der Waals surface area contributed by atoms with E-state index in [1.807, 2.05) is 56.3 Å². The lowest BCUT2D eigenvalue weighted by atomic mass is 10.1. The standard InChI is InChI=1S/C21H21N3O2S/c1-14-9-15(2)11-17(10-14)23-19(25)13-27-21-22-16(3)12-20(26)24(21)18-7-5-4-6-8-18/h4-12H,13H2,1-3H3,(H,23,25). The summed E-state index contributed by atoms with van der Waals surface area (Å²) in [5.41, 5.74) is 4.16. The fourth-order valence-corrected chi connectivity index (χ4v) is 3.72. The number of nitrogens with one attached hydrogen (secondary N) is 1. The first-order valence-corrected chi connectivity index (χ1v) is 9.58. The molecule has 0 spiro atoms. The summed E-state index contributed by atoms with van der Waals surface area (Å²) in [5, 5.41) is 3.41. The van der Waals surface area contributed by atoms with Crippen molar-refractivity contribution in [3.63, 3.8) is 0 Å². The Bertz CT molecular complexity index is 1010. The van der Waals surface area contributed by atoms with Crippen molar-refractivity contribution in [3.05, 3.63) is 81.8 Å². The van der Waals surface area contributed by atoms with Crippen molar-refractivity contribution in [2.24, 2.45) is 0 Å². The van der Waals surface area contributed by atoms with Crippen LogP contribution in [-0.2, 0) is 4.79 Å². The van der Waals surface area contributed by atoms with E-state index in [0.717, 1.165) is 22.5 Å². The SMILES string of the molecule is Cc1cc(C)cc(NC(=O)CSc2nc(C)cc(=O)n2-c2ccccc2)c1. The average molecular weight is 379 g/mol. The highest BCUT2D eigenvalue weighted by Crippen LogP contribution is 2.20. The van der Waals surface area contributed by atoms with Gasteiger partial charge in [-0.05, 0) is 56.2 Å². The topological polar surface area (TPSA) is 64.0 Å². The lowest BCUT2D eigenvalue weighted by molar-refractivity contribution is -0.113. The molecule has 0 unspecified atom stereocenters. The summed E-state index contributed by atoms with van der Waals surface area (Å²) in [5.74, 6) is 0.0239. The van der Waals surface area contributed by atoms with E-state index < -0.39 is 0 Å². The summed E-state index contributed by atoms with van der Waals surface area (Å²) < 4.78 is 1.53. The van der Waals surface area contributed by atoms with Gasteiger partial charge >= 0.3 is 0 Å². The zero-order valence-corrected chi connectivity index (χ0v) is 16.3. The molecule has 0 atom stereocenters. The largest absolute Gasteiger partial charge is 0.325 e.